The normalized spacial score (nSPS) is 32.3. The quantitative estimate of drug-likeness (QED) is 0.745. The van der Waals surface area contributed by atoms with E-state index in [1.807, 2.05) is 14.0 Å². The SMILES string of the molecule is C[C@@H]1CN(S(=O)(=O)N2CC[C@H](NC(=O)c3cc(C4CC4)on3)C[C@@H]2C)C[C@H](C)N1C. The highest BCUT2D eigenvalue weighted by atomic mass is 32.2. The van der Waals surface area contributed by atoms with Crippen LogP contribution in [-0.2, 0) is 10.2 Å². The van der Waals surface area contributed by atoms with Crippen molar-refractivity contribution in [3.05, 3.63) is 17.5 Å². The van der Waals surface area contributed by atoms with Crippen molar-refractivity contribution >= 4 is 16.1 Å². The van der Waals surface area contributed by atoms with Crippen LogP contribution in [0, 0.1) is 0 Å². The maximum Gasteiger partial charge on any atom is 0.282 e. The Balaban J connectivity index is 1.35. The minimum Gasteiger partial charge on any atom is -0.360 e. The molecule has 1 aromatic rings. The lowest BCUT2D eigenvalue weighted by Gasteiger charge is -2.45. The summed E-state index contributed by atoms with van der Waals surface area (Å²) in [6.45, 7) is 7.43. The maximum atomic E-state index is 13.3. The molecule has 10 heteroatoms. The fourth-order valence-electron chi connectivity index (χ4n) is 4.53. The molecule has 4 atom stereocenters. The molecule has 4 rings (SSSR count). The second-order valence-electron chi connectivity index (χ2n) is 9.23. The van der Waals surface area contributed by atoms with E-state index in [2.05, 4.69) is 29.2 Å². The molecule has 1 aromatic heterocycles. The molecular weight excluding hydrogens is 406 g/mol. The number of carbonyl (C=O) groups is 1. The minimum absolute atomic E-state index is 0.0784. The molecule has 9 nitrogen and oxygen atoms in total. The molecule has 3 fully saturated rings. The summed E-state index contributed by atoms with van der Waals surface area (Å²) in [6, 6.07) is 1.83. The minimum atomic E-state index is -3.53. The number of rotatable bonds is 5. The van der Waals surface area contributed by atoms with Crippen molar-refractivity contribution in [1.29, 1.82) is 0 Å². The van der Waals surface area contributed by atoms with Crippen LogP contribution in [0.15, 0.2) is 10.6 Å². The van der Waals surface area contributed by atoms with Crippen LogP contribution in [0.3, 0.4) is 0 Å². The molecule has 0 aromatic carbocycles. The van der Waals surface area contributed by atoms with Gasteiger partial charge < -0.3 is 9.84 Å². The summed E-state index contributed by atoms with van der Waals surface area (Å²) >= 11 is 0. The second-order valence-corrected chi connectivity index (χ2v) is 11.1. The smallest absolute Gasteiger partial charge is 0.282 e. The molecule has 0 unspecified atom stereocenters. The summed E-state index contributed by atoms with van der Waals surface area (Å²) in [5.74, 6) is 0.943. The number of hydrogen-bond acceptors (Lipinski definition) is 6. The average Bonchev–Trinajstić information content (AvgIpc) is 3.42. The summed E-state index contributed by atoms with van der Waals surface area (Å²) in [5, 5.41) is 6.90. The van der Waals surface area contributed by atoms with E-state index in [-0.39, 0.29) is 30.1 Å². The highest BCUT2D eigenvalue weighted by Crippen LogP contribution is 2.40. The molecule has 0 radical (unpaired) electrons. The molecule has 2 saturated heterocycles. The predicted molar refractivity (Wildman–Crippen MR) is 112 cm³/mol. The van der Waals surface area contributed by atoms with Crippen molar-refractivity contribution in [1.82, 2.24) is 24.0 Å². The molecule has 1 saturated carbocycles. The molecular formula is C20H33N5O4S. The van der Waals surface area contributed by atoms with Crippen LogP contribution in [0.2, 0.25) is 0 Å². The average molecular weight is 440 g/mol. The topological polar surface area (TPSA) is 99.0 Å². The zero-order valence-electron chi connectivity index (χ0n) is 18.2. The molecule has 168 valence electrons. The molecule has 0 spiro atoms. The summed E-state index contributed by atoms with van der Waals surface area (Å²) in [4.78, 5) is 14.7. The highest BCUT2D eigenvalue weighted by molar-refractivity contribution is 7.86. The number of carbonyl (C=O) groups excluding carboxylic acids is 1. The number of piperazine rings is 1. The van der Waals surface area contributed by atoms with Gasteiger partial charge in [0.1, 0.15) is 5.76 Å². The Kier molecular flexibility index (Phi) is 5.95. The zero-order valence-corrected chi connectivity index (χ0v) is 19.1. The zero-order chi connectivity index (χ0) is 21.6. The third kappa shape index (κ3) is 4.28. The summed E-state index contributed by atoms with van der Waals surface area (Å²) in [7, 11) is -1.49. The summed E-state index contributed by atoms with van der Waals surface area (Å²) in [5.41, 5.74) is 0.306. The molecule has 3 heterocycles. The van der Waals surface area contributed by atoms with Gasteiger partial charge in [-0.2, -0.15) is 17.0 Å². The standard InChI is InChI=1S/C20H33N5O4S/c1-13-9-17(21-20(26)18-10-19(29-22-18)16-5-6-16)7-8-25(13)30(27,28)24-11-14(2)23(4)15(3)12-24/h10,13-17H,5-9,11-12H2,1-4H3,(H,21,26)/t13-,14-,15+,17-/m0/s1. The Morgan fingerprint density at radius 2 is 1.80 bits per heavy atom. The number of piperidine rings is 1. The molecule has 1 N–H and O–H groups in total. The molecule has 3 aliphatic rings. The Morgan fingerprint density at radius 3 is 2.40 bits per heavy atom. The second kappa shape index (κ2) is 8.22. The molecule has 2 aliphatic heterocycles. The van der Waals surface area contributed by atoms with Gasteiger partial charge in [-0.15, -0.1) is 0 Å². The largest absolute Gasteiger partial charge is 0.360 e. The van der Waals surface area contributed by atoms with Gasteiger partial charge in [0.25, 0.3) is 16.1 Å². The number of nitrogens with one attached hydrogen (secondary N) is 1. The van der Waals surface area contributed by atoms with E-state index in [0.29, 0.717) is 44.1 Å². The van der Waals surface area contributed by atoms with Gasteiger partial charge in [0.15, 0.2) is 5.69 Å². The lowest BCUT2D eigenvalue weighted by molar-refractivity contribution is 0.0885. The first kappa shape index (κ1) is 21.7. The van der Waals surface area contributed by atoms with Crippen LogP contribution in [0.5, 0.6) is 0 Å². The maximum absolute atomic E-state index is 13.3. The first-order chi connectivity index (χ1) is 14.2. The first-order valence-corrected chi connectivity index (χ1v) is 12.3. The van der Waals surface area contributed by atoms with E-state index in [1.165, 1.54) is 0 Å². The Bertz CT molecular complexity index is 872. The van der Waals surface area contributed by atoms with Crippen molar-refractivity contribution in [3.8, 4) is 0 Å². The number of amides is 1. The third-order valence-electron chi connectivity index (χ3n) is 6.84. The molecule has 0 bridgehead atoms. The summed E-state index contributed by atoms with van der Waals surface area (Å²) in [6.07, 6.45) is 3.34. The molecule has 1 aliphatic carbocycles. The van der Waals surface area contributed by atoms with Gasteiger partial charge in [0.2, 0.25) is 0 Å². The summed E-state index contributed by atoms with van der Waals surface area (Å²) < 4.78 is 35.1. The van der Waals surface area contributed by atoms with Crippen molar-refractivity contribution in [2.45, 2.75) is 76.5 Å². The fourth-order valence-corrected chi connectivity index (χ4v) is 6.51. The van der Waals surface area contributed by atoms with Crippen LogP contribution in [0.25, 0.3) is 0 Å². The van der Waals surface area contributed by atoms with Crippen LogP contribution in [-0.4, -0.2) is 83.8 Å². The number of nitrogens with zero attached hydrogens (tertiary/aromatic N) is 4. The Morgan fingerprint density at radius 1 is 1.13 bits per heavy atom. The van der Waals surface area contributed by atoms with Gasteiger partial charge in [-0.05, 0) is 53.5 Å². The van der Waals surface area contributed by atoms with Crippen molar-refractivity contribution in [2.24, 2.45) is 0 Å². The van der Waals surface area contributed by atoms with E-state index >= 15 is 0 Å². The van der Waals surface area contributed by atoms with E-state index in [4.69, 9.17) is 4.52 Å². The number of aromatic nitrogens is 1. The number of likely N-dealkylation sites (N-methyl/N-ethyl adjacent to an activating group) is 1. The van der Waals surface area contributed by atoms with Gasteiger partial charge in [0, 0.05) is 55.8 Å². The van der Waals surface area contributed by atoms with Crippen LogP contribution < -0.4 is 5.32 Å². The van der Waals surface area contributed by atoms with Crippen molar-refractivity contribution in [2.75, 3.05) is 26.7 Å². The van der Waals surface area contributed by atoms with E-state index in [1.54, 1.807) is 14.7 Å². The number of hydrogen-bond donors (Lipinski definition) is 1. The molecule has 1 amide bonds. The van der Waals surface area contributed by atoms with Gasteiger partial charge in [0.05, 0.1) is 0 Å². The van der Waals surface area contributed by atoms with Gasteiger partial charge in [-0.1, -0.05) is 5.16 Å². The van der Waals surface area contributed by atoms with Crippen molar-refractivity contribution in [3.63, 3.8) is 0 Å². The molecule has 30 heavy (non-hydrogen) atoms. The fraction of sp³-hybridized carbons (Fsp3) is 0.800. The Hall–Kier alpha value is -1.49. The van der Waals surface area contributed by atoms with Gasteiger partial charge in [-0.25, -0.2) is 0 Å². The lowest BCUT2D eigenvalue weighted by atomic mass is 10.0. The lowest BCUT2D eigenvalue weighted by Crippen LogP contribution is -2.61. The van der Waals surface area contributed by atoms with Gasteiger partial charge >= 0.3 is 0 Å². The van der Waals surface area contributed by atoms with E-state index in [9.17, 15) is 13.2 Å². The van der Waals surface area contributed by atoms with Crippen LogP contribution >= 0.6 is 0 Å². The van der Waals surface area contributed by atoms with Crippen molar-refractivity contribution < 1.29 is 17.7 Å². The van der Waals surface area contributed by atoms with Gasteiger partial charge in [-0.3, -0.25) is 9.69 Å². The monoisotopic (exact) mass is 439 g/mol. The van der Waals surface area contributed by atoms with Crippen LogP contribution in [0.1, 0.15) is 68.6 Å². The first-order valence-electron chi connectivity index (χ1n) is 10.9. The van der Waals surface area contributed by atoms with E-state index < -0.39 is 10.2 Å². The predicted octanol–water partition coefficient (Wildman–Crippen LogP) is 1.40. The third-order valence-corrected chi connectivity index (χ3v) is 8.93. The van der Waals surface area contributed by atoms with E-state index in [0.717, 1.165) is 18.6 Å². The highest BCUT2D eigenvalue weighted by Gasteiger charge is 2.41. The Labute approximate surface area is 178 Å². The van der Waals surface area contributed by atoms with Crippen LogP contribution in [0.4, 0.5) is 0 Å².